The van der Waals surface area contributed by atoms with E-state index in [1.165, 1.54) is 18.5 Å². The molecule has 0 aliphatic heterocycles. The number of carboxylic acid groups (broad SMARTS) is 1. The van der Waals surface area contributed by atoms with E-state index in [1.54, 1.807) is 6.07 Å². The van der Waals surface area contributed by atoms with Crippen LogP contribution in [0.25, 0.3) is 0 Å². The summed E-state index contributed by atoms with van der Waals surface area (Å²) < 4.78 is 0. The summed E-state index contributed by atoms with van der Waals surface area (Å²) in [5.41, 5.74) is 0.220. The van der Waals surface area contributed by atoms with E-state index < -0.39 is 5.97 Å². The van der Waals surface area contributed by atoms with Crippen molar-refractivity contribution in [1.82, 2.24) is 11.1 Å². The predicted molar refractivity (Wildman–Crippen MR) is 33.3 cm³/mol. The second kappa shape index (κ2) is 3.58. The second-order valence-electron chi connectivity index (χ2n) is 1.55. The summed E-state index contributed by atoms with van der Waals surface area (Å²) >= 11 is 0. The highest BCUT2D eigenvalue weighted by Crippen LogP contribution is 1.92. The highest BCUT2D eigenvalue weighted by Gasteiger charge is 1.97. The number of aromatic carboxylic acids is 1. The summed E-state index contributed by atoms with van der Waals surface area (Å²) in [6.45, 7) is 0. The summed E-state index contributed by atoms with van der Waals surface area (Å²) in [7, 11) is 0. The molecular formula is C6H5N2O2. The number of rotatable bonds is 1. The average molecular weight is 137 g/mol. The van der Waals surface area contributed by atoms with Gasteiger partial charge in [-0.15, -0.1) is 0 Å². The van der Waals surface area contributed by atoms with E-state index in [2.05, 4.69) is 4.98 Å². The van der Waals surface area contributed by atoms with Crippen molar-refractivity contribution >= 4 is 5.97 Å². The SMILES string of the molecule is O=C(O)c1cccnc1.[N]. The first kappa shape index (κ1) is 8.58. The minimum absolute atomic E-state index is 0. The third-order valence-electron chi connectivity index (χ3n) is 0.908. The van der Waals surface area contributed by atoms with Gasteiger partial charge >= 0.3 is 5.97 Å². The molecule has 1 aromatic rings. The molecule has 0 aromatic carbocycles. The van der Waals surface area contributed by atoms with Crippen molar-refractivity contribution in [2.75, 3.05) is 0 Å². The van der Waals surface area contributed by atoms with Crippen LogP contribution >= 0.6 is 0 Å². The Morgan fingerprint density at radius 3 is 2.60 bits per heavy atom. The largest absolute Gasteiger partial charge is 0.478 e. The van der Waals surface area contributed by atoms with Crippen LogP contribution < -0.4 is 6.15 Å². The summed E-state index contributed by atoms with van der Waals surface area (Å²) in [4.78, 5) is 13.8. The summed E-state index contributed by atoms with van der Waals surface area (Å²) in [6.07, 6.45) is 2.84. The number of pyridine rings is 1. The predicted octanol–water partition coefficient (Wildman–Crippen LogP) is 0.299. The summed E-state index contributed by atoms with van der Waals surface area (Å²) in [5, 5.41) is 8.34. The second-order valence-corrected chi connectivity index (χ2v) is 1.55. The fraction of sp³-hybridized carbons (Fsp3) is 0. The highest BCUT2D eigenvalue weighted by molar-refractivity contribution is 5.86. The van der Waals surface area contributed by atoms with Crippen LogP contribution in [-0.4, -0.2) is 16.1 Å². The average Bonchev–Trinajstić information content (AvgIpc) is 1.90. The van der Waals surface area contributed by atoms with Gasteiger partial charge in [0.05, 0.1) is 5.56 Å². The Balaban J connectivity index is 0.000000810. The molecule has 0 aliphatic rings. The van der Waals surface area contributed by atoms with Crippen LogP contribution in [0.3, 0.4) is 0 Å². The maximum absolute atomic E-state index is 10.2. The number of hydrogen-bond donors (Lipinski definition) is 1. The zero-order valence-corrected chi connectivity index (χ0v) is 5.06. The molecule has 1 heterocycles. The van der Waals surface area contributed by atoms with E-state index in [9.17, 15) is 4.79 Å². The van der Waals surface area contributed by atoms with Crippen molar-refractivity contribution in [3.8, 4) is 0 Å². The Labute approximate surface area is 58.1 Å². The van der Waals surface area contributed by atoms with Gasteiger partial charge in [-0.3, -0.25) is 4.98 Å². The van der Waals surface area contributed by atoms with E-state index >= 15 is 0 Å². The molecule has 1 aromatic heterocycles. The molecule has 0 bridgehead atoms. The van der Waals surface area contributed by atoms with E-state index in [1.807, 2.05) is 0 Å². The first-order valence-corrected chi connectivity index (χ1v) is 2.44. The molecule has 4 heteroatoms. The van der Waals surface area contributed by atoms with Gasteiger partial charge in [-0.1, -0.05) is 0 Å². The van der Waals surface area contributed by atoms with Crippen LogP contribution in [0.2, 0.25) is 0 Å². The van der Waals surface area contributed by atoms with Crippen molar-refractivity contribution in [3.63, 3.8) is 0 Å². The Morgan fingerprint density at radius 2 is 2.30 bits per heavy atom. The molecule has 0 saturated heterocycles. The summed E-state index contributed by atoms with van der Waals surface area (Å²) in [6, 6.07) is 3.08. The van der Waals surface area contributed by atoms with E-state index in [4.69, 9.17) is 5.11 Å². The minimum atomic E-state index is -0.942. The first-order valence-electron chi connectivity index (χ1n) is 2.44. The molecule has 1 rings (SSSR count). The monoisotopic (exact) mass is 137 g/mol. The third kappa shape index (κ3) is 1.83. The Bertz CT molecular complexity index is 210. The van der Waals surface area contributed by atoms with Crippen molar-refractivity contribution in [2.45, 2.75) is 0 Å². The molecule has 3 radical (unpaired) electrons. The van der Waals surface area contributed by atoms with Gasteiger partial charge in [-0.05, 0) is 12.1 Å². The molecule has 0 amide bonds. The van der Waals surface area contributed by atoms with Crippen LogP contribution in [0.4, 0.5) is 0 Å². The lowest BCUT2D eigenvalue weighted by Gasteiger charge is -1.87. The molecule has 4 nitrogen and oxygen atoms in total. The van der Waals surface area contributed by atoms with Gasteiger partial charge in [0, 0.05) is 18.5 Å². The fourth-order valence-corrected chi connectivity index (χ4v) is 0.489. The molecular weight excluding hydrogens is 132 g/mol. The number of aromatic nitrogens is 1. The van der Waals surface area contributed by atoms with Gasteiger partial charge < -0.3 is 5.11 Å². The molecule has 0 spiro atoms. The lowest BCUT2D eigenvalue weighted by Crippen LogP contribution is -1.94. The highest BCUT2D eigenvalue weighted by atomic mass is 16.4. The molecule has 51 valence electrons. The normalized spacial score (nSPS) is 8.00. The van der Waals surface area contributed by atoms with E-state index in [0.717, 1.165) is 0 Å². The topological polar surface area (TPSA) is 80.7 Å². The van der Waals surface area contributed by atoms with E-state index in [0.29, 0.717) is 0 Å². The maximum atomic E-state index is 10.2. The zero-order chi connectivity index (χ0) is 6.69. The molecule has 0 saturated carbocycles. The van der Waals surface area contributed by atoms with Gasteiger partial charge in [-0.25, -0.2) is 4.79 Å². The van der Waals surface area contributed by atoms with Crippen LogP contribution in [0.1, 0.15) is 10.4 Å². The van der Waals surface area contributed by atoms with Gasteiger partial charge in [0.1, 0.15) is 0 Å². The lowest BCUT2D eigenvalue weighted by molar-refractivity contribution is 0.0696. The molecule has 0 atom stereocenters. The summed E-state index contributed by atoms with van der Waals surface area (Å²) in [5.74, 6) is -0.942. The first-order chi connectivity index (χ1) is 4.30. The molecule has 10 heavy (non-hydrogen) atoms. The Morgan fingerprint density at radius 1 is 1.60 bits per heavy atom. The lowest BCUT2D eigenvalue weighted by atomic mass is 10.3. The Kier molecular flexibility index (Phi) is 3.07. The van der Waals surface area contributed by atoms with E-state index in [-0.39, 0.29) is 11.7 Å². The third-order valence-corrected chi connectivity index (χ3v) is 0.908. The van der Waals surface area contributed by atoms with Crippen molar-refractivity contribution < 1.29 is 9.90 Å². The van der Waals surface area contributed by atoms with Crippen LogP contribution in [0.15, 0.2) is 24.5 Å². The van der Waals surface area contributed by atoms with Gasteiger partial charge in [0.2, 0.25) is 0 Å². The van der Waals surface area contributed by atoms with Gasteiger partial charge in [-0.2, -0.15) is 0 Å². The quantitative estimate of drug-likeness (QED) is 0.604. The van der Waals surface area contributed by atoms with Crippen molar-refractivity contribution in [2.24, 2.45) is 0 Å². The standard InChI is InChI=1S/C6H5NO2.N/c8-6(9)5-2-1-3-7-4-5;/h1-4H,(H,8,9);. The molecule has 0 unspecified atom stereocenters. The number of nitrogens with zero attached hydrogens (tertiary/aromatic N) is 2. The maximum Gasteiger partial charge on any atom is 0.337 e. The van der Waals surface area contributed by atoms with Crippen LogP contribution in [-0.2, 0) is 0 Å². The van der Waals surface area contributed by atoms with Crippen LogP contribution in [0, 0.1) is 0 Å². The fourth-order valence-electron chi connectivity index (χ4n) is 0.489. The zero-order valence-electron chi connectivity index (χ0n) is 5.06. The number of carbonyl (C=O) groups is 1. The van der Waals surface area contributed by atoms with Crippen molar-refractivity contribution in [3.05, 3.63) is 30.1 Å². The molecule has 1 N–H and O–H groups in total. The van der Waals surface area contributed by atoms with Crippen LogP contribution in [0.5, 0.6) is 0 Å². The molecule has 0 aliphatic carbocycles. The van der Waals surface area contributed by atoms with Gasteiger partial charge in [0.15, 0.2) is 0 Å². The smallest absolute Gasteiger partial charge is 0.337 e. The minimum Gasteiger partial charge on any atom is -0.478 e. The number of hydrogen-bond acceptors (Lipinski definition) is 2. The number of carboxylic acids is 1. The van der Waals surface area contributed by atoms with Crippen molar-refractivity contribution in [1.29, 1.82) is 0 Å². The Hall–Kier alpha value is -1.42. The molecule has 0 fully saturated rings. The van der Waals surface area contributed by atoms with Gasteiger partial charge in [0.25, 0.3) is 0 Å².